The van der Waals surface area contributed by atoms with Gasteiger partial charge in [-0.3, -0.25) is 0 Å². The zero-order valence-electron chi connectivity index (χ0n) is 16.9. The number of hydrogen-bond acceptors (Lipinski definition) is 6. The number of nitrogens with one attached hydrogen (secondary N) is 1. The zero-order chi connectivity index (χ0) is 20.5. The number of aromatic nitrogens is 3. The lowest BCUT2D eigenvalue weighted by Gasteiger charge is -2.27. The number of fused-ring (bicyclic) bond motifs is 3. The molecule has 0 amide bonds. The molecule has 8 nitrogen and oxygen atoms in total. The van der Waals surface area contributed by atoms with Crippen LogP contribution in [-0.4, -0.2) is 49.5 Å². The molecule has 2 aromatic rings. The Kier molecular flexibility index (Phi) is 5.79. The maximum absolute atomic E-state index is 11.6. The van der Waals surface area contributed by atoms with Crippen molar-refractivity contribution < 1.29 is 13.2 Å². The van der Waals surface area contributed by atoms with Gasteiger partial charge in [0.15, 0.2) is 5.82 Å². The van der Waals surface area contributed by atoms with E-state index in [-0.39, 0.29) is 5.41 Å². The molecule has 3 rings (SSSR count). The molecule has 0 aromatic carbocycles. The number of sulfonamides is 1. The van der Waals surface area contributed by atoms with E-state index in [1.807, 2.05) is 19.9 Å². The van der Waals surface area contributed by atoms with E-state index in [2.05, 4.69) is 20.3 Å². The average Bonchev–Trinajstić information content (AvgIpc) is 2.97. The van der Waals surface area contributed by atoms with Crippen molar-refractivity contribution in [1.29, 1.82) is 0 Å². The molecule has 0 fully saturated rings. The van der Waals surface area contributed by atoms with Gasteiger partial charge in [0.05, 0.1) is 24.1 Å². The number of methoxy groups -OCH3 is 1. The Morgan fingerprint density at radius 3 is 2.79 bits per heavy atom. The van der Waals surface area contributed by atoms with Crippen molar-refractivity contribution in [3.05, 3.63) is 23.2 Å². The summed E-state index contributed by atoms with van der Waals surface area (Å²) in [7, 11) is -1.60. The van der Waals surface area contributed by atoms with Crippen molar-refractivity contribution >= 4 is 33.0 Å². The molecule has 0 atom stereocenters. The minimum absolute atomic E-state index is 0.325. The number of allylic oxidation sites excluding steroid dienone is 1. The van der Waals surface area contributed by atoms with E-state index in [1.165, 1.54) is 6.26 Å². The summed E-state index contributed by atoms with van der Waals surface area (Å²) in [6.07, 6.45) is 7.77. The normalized spacial score (nSPS) is 14.6. The number of aryl methyl sites for hydroxylation is 1. The minimum Gasteiger partial charge on any atom is -0.384 e. The molecule has 0 unspecified atom stereocenters. The zero-order valence-corrected chi connectivity index (χ0v) is 17.8. The molecule has 2 aromatic heterocycles. The number of hydrogen-bond donors (Lipinski definition) is 2. The van der Waals surface area contributed by atoms with E-state index in [0.717, 1.165) is 35.4 Å². The molecule has 1 aliphatic rings. The average molecular weight is 408 g/mol. The fourth-order valence-electron chi connectivity index (χ4n) is 3.53. The van der Waals surface area contributed by atoms with Crippen molar-refractivity contribution in [3.63, 3.8) is 0 Å². The summed E-state index contributed by atoms with van der Waals surface area (Å²) < 4.78 is 33.2. The van der Waals surface area contributed by atoms with Crippen LogP contribution in [0.25, 0.3) is 17.1 Å². The van der Waals surface area contributed by atoms with Gasteiger partial charge in [-0.05, 0) is 24.3 Å². The maximum atomic E-state index is 11.6. The number of rotatable bonds is 8. The van der Waals surface area contributed by atoms with Gasteiger partial charge in [0.25, 0.3) is 0 Å². The highest BCUT2D eigenvalue weighted by Gasteiger charge is 2.26. The molecule has 0 spiro atoms. The van der Waals surface area contributed by atoms with Crippen LogP contribution in [0.2, 0.25) is 0 Å². The van der Waals surface area contributed by atoms with Crippen molar-refractivity contribution in [3.8, 4) is 0 Å². The molecule has 0 saturated heterocycles. The van der Waals surface area contributed by atoms with Crippen molar-refractivity contribution in [2.75, 3.05) is 32.3 Å². The lowest BCUT2D eigenvalue weighted by molar-refractivity contribution is 0.198. The lowest BCUT2D eigenvalue weighted by Crippen LogP contribution is -2.36. The first-order chi connectivity index (χ1) is 13.1. The summed E-state index contributed by atoms with van der Waals surface area (Å²) >= 11 is 0. The predicted molar refractivity (Wildman–Crippen MR) is 112 cm³/mol. The van der Waals surface area contributed by atoms with Gasteiger partial charge in [-0.1, -0.05) is 19.9 Å². The highest BCUT2D eigenvalue weighted by molar-refractivity contribution is 7.88. The summed E-state index contributed by atoms with van der Waals surface area (Å²) in [4.78, 5) is 9.32. The van der Waals surface area contributed by atoms with Crippen LogP contribution in [0.15, 0.2) is 6.08 Å². The summed E-state index contributed by atoms with van der Waals surface area (Å²) in [5.41, 5.74) is 9.66. The Hall–Kier alpha value is -1.97. The minimum atomic E-state index is -3.26. The summed E-state index contributed by atoms with van der Waals surface area (Å²) in [5.74, 6) is 1.30. The second-order valence-electron chi connectivity index (χ2n) is 8.11. The maximum Gasteiger partial charge on any atom is 0.208 e. The quantitative estimate of drug-likeness (QED) is 0.689. The molecule has 0 saturated carbocycles. The largest absolute Gasteiger partial charge is 0.384 e. The van der Waals surface area contributed by atoms with Gasteiger partial charge in [-0.25, -0.2) is 23.1 Å². The van der Waals surface area contributed by atoms with Crippen LogP contribution in [0, 0.1) is 5.41 Å². The van der Waals surface area contributed by atoms with E-state index in [0.29, 0.717) is 37.5 Å². The summed E-state index contributed by atoms with van der Waals surface area (Å²) in [6, 6.07) is 0. The lowest BCUT2D eigenvalue weighted by atomic mass is 9.93. The number of nitrogen functional groups attached to an aromatic ring is 1. The number of ether oxygens (including phenoxy) is 1. The first kappa shape index (κ1) is 20.8. The fraction of sp³-hybridized carbons (Fsp3) is 0.579. The molecular formula is C19H29N5O3S. The van der Waals surface area contributed by atoms with Crippen molar-refractivity contribution in [2.45, 2.75) is 39.7 Å². The Balaban J connectivity index is 2.10. The molecule has 28 heavy (non-hydrogen) atoms. The first-order valence-electron chi connectivity index (χ1n) is 9.39. The van der Waals surface area contributed by atoms with Gasteiger partial charge >= 0.3 is 0 Å². The predicted octanol–water partition coefficient (Wildman–Crippen LogP) is 1.74. The molecule has 2 heterocycles. The molecule has 0 radical (unpaired) electrons. The number of anilines is 1. The van der Waals surface area contributed by atoms with Crippen LogP contribution in [0.3, 0.4) is 0 Å². The second kappa shape index (κ2) is 7.81. The van der Waals surface area contributed by atoms with Crippen molar-refractivity contribution in [2.24, 2.45) is 5.41 Å². The third kappa shape index (κ3) is 4.53. The van der Waals surface area contributed by atoms with Crippen LogP contribution in [0.1, 0.15) is 37.4 Å². The van der Waals surface area contributed by atoms with E-state index in [9.17, 15) is 8.42 Å². The van der Waals surface area contributed by atoms with Gasteiger partial charge < -0.3 is 15.0 Å². The number of nitrogens with two attached hydrogens (primary N) is 1. The first-order valence-corrected chi connectivity index (χ1v) is 11.3. The van der Waals surface area contributed by atoms with Gasteiger partial charge in [0.2, 0.25) is 10.0 Å². The van der Waals surface area contributed by atoms with Gasteiger partial charge in [-0.15, -0.1) is 0 Å². The Bertz CT molecular complexity index is 1010. The third-order valence-electron chi connectivity index (χ3n) is 4.89. The van der Waals surface area contributed by atoms with E-state index >= 15 is 0 Å². The monoisotopic (exact) mass is 407 g/mol. The Morgan fingerprint density at radius 2 is 2.11 bits per heavy atom. The smallest absolute Gasteiger partial charge is 0.208 e. The van der Waals surface area contributed by atoms with E-state index in [1.54, 1.807) is 7.11 Å². The van der Waals surface area contributed by atoms with Crippen LogP contribution in [0.5, 0.6) is 0 Å². The van der Waals surface area contributed by atoms with E-state index in [4.69, 9.17) is 15.5 Å². The van der Waals surface area contributed by atoms with Crippen LogP contribution >= 0.6 is 0 Å². The molecular weight excluding hydrogens is 378 g/mol. The Labute approximate surface area is 166 Å². The van der Waals surface area contributed by atoms with E-state index < -0.39 is 10.0 Å². The SMILES string of the molecule is COCCc1nc2c(N)nc3c(c2n1CC(C)(C)CNS(C)(=O)=O)CCC=C3. The highest BCUT2D eigenvalue weighted by atomic mass is 32.2. The fourth-order valence-corrected chi connectivity index (χ4v) is 4.18. The van der Waals surface area contributed by atoms with Gasteiger partial charge in [0, 0.05) is 32.2 Å². The summed E-state index contributed by atoms with van der Waals surface area (Å²) in [5, 5.41) is 0. The molecule has 3 N–H and O–H groups in total. The Morgan fingerprint density at radius 1 is 1.36 bits per heavy atom. The number of imidazole rings is 1. The van der Waals surface area contributed by atoms with Crippen LogP contribution in [-0.2, 0) is 34.1 Å². The number of nitrogens with zero attached hydrogens (tertiary/aromatic N) is 3. The third-order valence-corrected chi connectivity index (χ3v) is 5.56. The standard InChI is InChI=1S/C19H29N5O3S/c1-19(2,11-21-28(4,25)26)12-24-15(9-10-27-3)23-16-17(24)13-7-5-6-8-14(13)22-18(16)20/h6,8,21H,5,7,9-12H2,1-4H3,(H2,20,22). The topological polar surface area (TPSA) is 112 Å². The van der Waals surface area contributed by atoms with Crippen LogP contribution in [0.4, 0.5) is 5.82 Å². The summed E-state index contributed by atoms with van der Waals surface area (Å²) in [6.45, 7) is 5.55. The second-order valence-corrected chi connectivity index (χ2v) is 9.95. The van der Waals surface area contributed by atoms with Crippen molar-refractivity contribution in [1.82, 2.24) is 19.3 Å². The van der Waals surface area contributed by atoms with Crippen LogP contribution < -0.4 is 10.5 Å². The number of pyridine rings is 1. The highest BCUT2D eigenvalue weighted by Crippen LogP contribution is 2.32. The molecule has 1 aliphatic carbocycles. The molecule has 154 valence electrons. The van der Waals surface area contributed by atoms with Gasteiger partial charge in [0.1, 0.15) is 11.3 Å². The molecule has 0 bridgehead atoms. The van der Waals surface area contributed by atoms with Gasteiger partial charge in [-0.2, -0.15) is 0 Å². The molecule has 9 heteroatoms. The molecule has 0 aliphatic heterocycles.